The molecule has 0 aliphatic carbocycles. The molecule has 3 rings (SSSR count). The Hall–Kier alpha value is -4.35. The summed E-state index contributed by atoms with van der Waals surface area (Å²) in [6, 6.07) is 13.2. The summed E-state index contributed by atoms with van der Waals surface area (Å²) < 4.78 is 11.2. The molecule has 0 bridgehead atoms. The van der Waals surface area contributed by atoms with Crippen LogP contribution >= 0.6 is 0 Å². The molecule has 0 amide bonds. The number of allylic oxidation sites excluding steroid dienone is 2. The highest BCUT2D eigenvalue weighted by atomic mass is 16.6. The summed E-state index contributed by atoms with van der Waals surface area (Å²) in [6.07, 6.45) is 2.94. The van der Waals surface area contributed by atoms with Crippen molar-refractivity contribution in [1.29, 1.82) is 0 Å². The van der Waals surface area contributed by atoms with Crippen molar-refractivity contribution in [2.75, 3.05) is 26.3 Å². The first kappa shape index (κ1) is 32.2. The van der Waals surface area contributed by atoms with Gasteiger partial charge in [0.15, 0.2) is 0 Å². The molecule has 2 aromatic rings. The number of aliphatic hydroxyl groups is 1. The normalized spacial score (nSPS) is 17.3. The molecule has 3 atom stereocenters. The van der Waals surface area contributed by atoms with E-state index in [4.69, 9.17) is 9.47 Å². The van der Waals surface area contributed by atoms with Crippen molar-refractivity contribution in [1.82, 2.24) is 5.32 Å². The van der Waals surface area contributed by atoms with Gasteiger partial charge in [-0.3, -0.25) is 19.9 Å². The van der Waals surface area contributed by atoms with E-state index >= 15 is 0 Å². The first-order valence-corrected chi connectivity index (χ1v) is 13.7. The van der Waals surface area contributed by atoms with Crippen LogP contribution in [0.4, 0.5) is 5.69 Å². The van der Waals surface area contributed by atoms with Crippen LogP contribution in [0.3, 0.4) is 0 Å². The molecule has 3 N–H and O–H groups in total. The fourth-order valence-electron chi connectivity index (χ4n) is 4.89. The number of rotatable bonds is 16. The van der Waals surface area contributed by atoms with Crippen LogP contribution in [0.5, 0.6) is 5.75 Å². The van der Waals surface area contributed by atoms with Gasteiger partial charge in [-0.1, -0.05) is 36.4 Å². The number of benzene rings is 2. The number of hydrogen-bond acceptors (Lipinski definition) is 9. The molecular formula is C31H37N3O8. The van der Waals surface area contributed by atoms with Crippen molar-refractivity contribution in [3.8, 4) is 5.75 Å². The largest absolute Gasteiger partial charge is 0.491 e. The Balaban J connectivity index is 1.50. The zero-order chi connectivity index (χ0) is 30.6. The van der Waals surface area contributed by atoms with Gasteiger partial charge >= 0.3 is 11.9 Å². The smallest absolute Gasteiger partial charge is 0.336 e. The minimum absolute atomic E-state index is 0.0735. The first-order valence-electron chi connectivity index (χ1n) is 13.7. The lowest BCUT2D eigenvalue weighted by Gasteiger charge is -2.30. The van der Waals surface area contributed by atoms with Gasteiger partial charge in [0.05, 0.1) is 17.1 Å². The van der Waals surface area contributed by atoms with Crippen LogP contribution in [0.15, 0.2) is 77.4 Å². The molecule has 2 aromatic carbocycles. The Morgan fingerprint density at radius 2 is 1.95 bits per heavy atom. The number of aliphatic carboxylic acids is 1. The number of para-hydroxylation sites is 1. The van der Waals surface area contributed by atoms with Gasteiger partial charge in [0.25, 0.3) is 5.69 Å². The van der Waals surface area contributed by atoms with Crippen LogP contribution in [-0.4, -0.2) is 65.2 Å². The van der Waals surface area contributed by atoms with Crippen molar-refractivity contribution in [3.63, 3.8) is 0 Å². The third kappa shape index (κ3) is 8.58. The Morgan fingerprint density at radius 1 is 1.19 bits per heavy atom. The number of non-ortho nitro benzene ring substituents is 1. The summed E-state index contributed by atoms with van der Waals surface area (Å²) >= 11 is 0. The minimum Gasteiger partial charge on any atom is -0.491 e. The number of hydrogen-bond donors (Lipinski definition) is 3. The Bertz CT molecular complexity index is 1350. The Labute approximate surface area is 244 Å². The van der Waals surface area contributed by atoms with Gasteiger partial charge in [-0.15, -0.1) is 6.58 Å². The van der Waals surface area contributed by atoms with E-state index in [2.05, 4.69) is 16.9 Å². The fourth-order valence-corrected chi connectivity index (χ4v) is 4.89. The number of ether oxygens (including phenoxy) is 2. The molecule has 1 heterocycles. The Morgan fingerprint density at radius 3 is 2.67 bits per heavy atom. The van der Waals surface area contributed by atoms with Crippen molar-refractivity contribution >= 4 is 23.3 Å². The number of nitro groups is 1. The number of nitro benzene ring substituents is 1. The van der Waals surface area contributed by atoms with Crippen molar-refractivity contribution in [3.05, 3.63) is 93.7 Å². The monoisotopic (exact) mass is 579 g/mol. The standard InChI is InChI=1S/C31H37N3O8/c1-4-10-22-11-5-6-14-26(22)42-19-25(35)18-32-15-7-8-16-41-31(38)28-21(3)33-20(2)27(30(36)37)29(28)23-12-9-13-24(17-23)34(39)40/h4-6,9,11-14,17,25,27,29,32,35H,1,7-8,10,15-16,18-19H2,2-3H3,(H,36,37). The highest BCUT2D eigenvalue weighted by Crippen LogP contribution is 2.40. The zero-order valence-electron chi connectivity index (χ0n) is 23.8. The summed E-state index contributed by atoms with van der Waals surface area (Å²) in [7, 11) is 0. The minimum atomic E-state index is -1.19. The summed E-state index contributed by atoms with van der Waals surface area (Å²) in [4.78, 5) is 40.4. The van der Waals surface area contributed by atoms with Crippen LogP contribution in [0.25, 0.3) is 0 Å². The number of carbonyl (C=O) groups is 2. The van der Waals surface area contributed by atoms with E-state index in [0.29, 0.717) is 55.1 Å². The SMILES string of the molecule is C=CCc1ccccc1OCC(O)CNCCCCOC(=O)C1=C(C)N=C(C)C(C(=O)O)C1c1cccc([N+](=O)[O-])c1. The second-order valence-corrected chi connectivity index (χ2v) is 10.0. The van der Waals surface area contributed by atoms with Crippen molar-refractivity contribution < 1.29 is 34.2 Å². The predicted octanol–water partition coefficient (Wildman–Crippen LogP) is 4.21. The van der Waals surface area contributed by atoms with E-state index in [1.165, 1.54) is 18.2 Å². The molecule has 0 fully saturated rings. The molecule has 1 aliphatic heterocycles. The van der Waals surface area contributed by atoms with Gasteiger partial charge < -0.3 is 25.0 Å². The van der Waals surface area contributed by atoms with Gasteiger partial charge in [-0.2, -0.15) is 0 Å². The molecule has 42 heavy (non-hydrogen) atoms. The van der Waals surface area contributed by atoms with Gasteiger partial charge in [0, 0.05) is 36.0 Å². The number of carbonyl (C=O) groups excluding carboxylic acids is 1. The average molecular weight is 580 g/mol. The van der Waals surface area contributed by atoms with E-state index in [1.807, 2.05) is 24.3 Å². The maximum Gasteiger partial charge on any atom is 0.336 e. The summed E-state index contributed by atoms with van der Waals surface area (Å²) in [6.45, 7) is 8.03. The van der Waals surface area contributed by atoms with Crippen LogP contribution in [-0.2, 0) is 20.7 Å². The molecule has 0 spiro atoms. The molecule has 0 aromatic heterocycles. The maximum absolute atomic E-state index is 13.2. The van der Waals surface area contributed by atoms with Gasteiger partial charge in [-0.25, -0.2) is 4.79 Å². The molecule has 0 saturated heterocycles. The Kier molecular flexibility index (Phi) is 11.9. The quantitative estimate of drug-likeness (QED) is 0.0870. The number of esters is 1. The number of aliphatic imine (C=N–C) groups is 1. The molecule has 224 valence electrons. The highest BCUT2D eigenvalue weighted by molar-refractivity contribution is 6.06. The van der Waals surface area contributed by atoms with E-state index < -0.39 is 34.8 Å². The lowest BCUT2D eigenvalue weighted by Crippen LogP contribution is -2.35. The lowest BCUT2D eigenvalue weighted by molar-refractivity contribution is -0.384. The lowest BCUT2D eigenvalue weighted by atomic mass is 9.75. The third-order valence-electron chi connectivity index (χ3n) is 6.88. The summed E-state index contributed by atoms with van der Waals surface area (Å²) in [5.74, 6) is -3.34. The summed E-state index contributed by atoms with van der Waals surface area (Å²) in [5, 5.41) is 34.7. The third-order valence-corrected chi connectivity index (χ3v) is 6.88. The van der Waals surface area contributed by atoms with Crippen LogP contribution in [0.2, 0.25) is 0 Å². The number of carboxylic acids is 1. The molecule has 11 heteroatoms. The average Bonchev–Trinajstić information content (AvgIpc) is 2.95. The van der Waals surface area contributed by atoms with Crippen LogP contribution in [0, 0.1) is 16.0 Å². The number of aliphatic hydroxyl groups excluding tert-OH is 1. The second-order valence-electron chi connectivity index (χ2n) is 10.0. The predicted molar refractivity (Wildman–Crippen MR) is 158 cm³/mol. The van der Waals surface area contributed by atoms with E-state index in [-0.39, 0.29) is 24.5 Å². The highest BCUT2D eigenvalue weighted by Gasteiger charge is 2.42. The topological polar surface area (TPSA) is 161 Å². The number of carboxylic acid groups (broad SMARTS) is 1. The van der Waals surface area contributed by atoms with Gasteiger partial charge in [0.2, 0.25) is 0 Å². The van der Waals surface area contributed by atoms with Gasteiger partial charge in [0.1, 0.15) is 24.4 Å². The summed E-state index contributed by atoms with van der Waals surface area (Å²) in [5.41, 5.74) is 1.81. The number of unbranched alkanes of at least 4 members (excludes halogenated alkanes) is 1. The number of nitrogens with one attached hydrogen (secondary N) is 1. The number of nitrogens with zero attached hydrogens (tertiary/aromatic N) is 2. The fraction of sp³-hybridized carbons (Fsp3) is 0.387. The van der Waals surface area contributed by atoms with Crippen LogP contribution in [0.1, 0.15) is 43.7 Å². The first-order chi connectivity index (χ1) is 20.1. The molecule has 0 saturated carbocycles. The molecule has 11 nitrogen and oxygen atoms in total. The van der Waals surface area contributed by atoms with Gasteiger partial charge in [-0.05, 0) is 56.8 Å². The maximum atomic E-state index is 13.2. The molecule has 1 aliphatic rings. The molecule has 0 radical (unpaired) electrons. The zero-order valence-corrected chi connectivity index (χ0v) is 23.8. The van der Waals surface area contributed by atoms with E-state index in [9.17, 15) is 29.9 Å². The molecule has 3 unspecified atom stereocenters. The van der Waals surface area contributed by atoms with Crippen molar-refractivity contribution in [2.45, 2.75) is 45.1 Å². The van der Waals surface area contributed by atoms with E-state index in [1.54, 1.807) is 26.0 Å². The van der Waals surface area contributed by atoms with E-state index in [0.717, 1.165) is 5.56 Å². The molecular weight excluding hydrogens is 542 g/mol. The second kappa shape index (κ2) is 15.6. The van der Waals surface area contributed by atoms with Crippen molar-refractivity contribution in [2.24, 2.45) is 10.9 Å². The van der Waals surface area contributed by atoms with Crippen LogP contribution < -0.4 is 10.1 Å².